The number of hydrogen-bond donors (Lipinski definition) is 0. The molecule has 100 valence electrons. The molecule has 3 rings (SSSR count). The third-order valence-electron chi connectivity index (χ3n) is 2.89. The van der Waals surface area contributed by atoms with Gasteiger partial charge in [0.2, 0.25) is 5.75 Å². The molecule has 0 unspecified atom stereocenters. The van der Waals surface area contributed by atoms with Gasteiger partial charge in [-0.2, -0.15) is 4.98 Å². The highest BCUT2D eigenvalue weighted by Crippen LogP contribution is 2.36. The van der Waals surface area contributed by atoms with Crippen molar-refractivity contribution in [1.82, 2.24) is 9.97 Å². The monoisotopic (exact) mass is 286 g/mol. The molecule has 0 saturated carbocycles. The quantitative estimate of drug-likeness (QED) is 0.680. The fraction of sp³-hybridized carbons (Fsp3) is 0.0667. The van der Waals surface area contributed by atoms with E-state index in [1.807, 2.05) is 42.5 Å². The summed E-state index contributed by atoms with van der Waals surface area (Å²) in [6.07, 6.45) is 1.34. The molecule has 0 N–H and O–H groups in total. The van der Waals surface area contributed by atoms with Crippen LogP contribution in [0.15, 0.2) is 48.8 Å². The van der Waals surface area contributed by atoms with E-state index in [2.05, 4.69) is 9.97 Å². The lowest BCUT2D eigenvalue weighted by Gasteiger charge is -2.11. The van der Waals surface area contributed by atoms with E-state index in [0.717, 1.165) is 10.8 Å². The number of hydrogen-bond acceptors (Lipinski definition) is 4. The summed E-state index contributed by atoms with van der Waals surface area (Å²) in [5.74, 6) is 1.31. The van der Waals surface area contributed by atoms with Gasteiger partial charge in [0.05, 0.1) is 7.11 Å². The molecule has 0 saturated heterocycles. The molecule has 0 radical (unpaired) electrons. The summed E-state index contributed by atoms with van der Waals surface area (Å²) in [4.78, 5) is 7.93. The topological polar surface area (TPSA) is 44.2 Å². The molecule has 1 aromatic heterocycles. The third kappa shape index (κ3) is 2.26. The minimum absolute atomic E-state index is 0.220. The van der Waals surface area contributed by atoms with E-state index in [1.54, 1.807) is 0 Å². The molecule has 0 aliphatic heterocycles. The summed E-state index contributed by atoms with van der Waals surface area (Å²) in [7, 11) is 1.50. The number of nitrogens with zero attached hydrogens (tertiary/aromatic N) is 2. The normalized spacial score (nSPS) is 10.5. The van der Waals surface area contributed by atoms with Crippen LogP contribution >= 0.6 is 11.6 Å². The molecular weight excluding hydrogens is 276 g/mol. The zero-order valence-electron chi connectivity index (χ0n) is 10.7. The van der Waals surface area contributed by atoms with Crippen LogP contribution in [0.4, 0.5) is 0 Å². The molecule has 4 nitrogen and oxygen atoms in total. The highest BCUT2D eigenvalue weighted by atomic mass is 35.5. The molecule has 5 heteroatoms. The van der Waals surface area contributed by atoms with Gasteiger partial charge < -0.3 is 9.47 Å². The zero-order chi connectivity index (χ0) is 13.9. The van der Waals surface area contributed by atoms with Gasteiger partial charge in [0.1, 0.15) is 12.1 Å². The smallest absolute Gasteiger partial charge is 0.267 e. The number of rotatable bonds is 3. The molecule has 20 heavy (non-hydrogen) atoms. The van der Waals surface area contributed by atoms with E-state index in [1.165, 1.54) is 13.4 Å². The van der Waals surface area contributed by atoms with Crippen LogP contribution in [0.5, 0.6) is 17.4 Å². The molecule has 0 spiro atoms. The molecule has 0 aliphatic rings. The molecule has 0 aliphatic carbocycles. The Bertz CT molecular complexity index is 756. The van der Waals surface area contributed by atoms with E-state index in [-0.39, 0.29) is 5.15 Å². The summed E-state index contributed by atoms with van der Waals surface area (Å²) >= 11 is 5.96. The van der Waals surface area contributed by atoms with Crippen molar-refractivity contribution >= 4 is 22.4 Å². The summed E-state index contributed by atoms with van der Waals surface area (Å²) in [6, 6.07) is 13.8. The van der Waals surface area contributed by atoms with Crippen LogP contribution in [0, 0.1) is 0 Å². The van der Waals surface area contributed by atoms with Gasteiger partial charge in [-0.25, -0.2) is 4.98 Å². The van der Waals surface area contributed by atoms with Crippen molar-refractivity contribution in [3.8, 4) is 17.4 Å². The largest absolute Gasteiger partial charge is 0.489 e. The van der Waals surface area contributed by atoms with Crippen LogP contribution in [-0.4, -0.2) is 17.1 Å². The maximum absolute atomic E-state index is 5.96. The lowest BCUT2D eigenvalue weighted by molar-refractivity contribution is 0.369. The van der Waals surface area contributed by atoms with Gasteiger partial charge in [0.25, 0.3) is 5.88 Å². The van der Waals surface area contributed by atoms with Crippen molar-refractivity contribution < 1.29 is 9.47 Å². The minimum atomic E-state index is 0.220. The highest BCUT2D eigenvalue weighted by Gasteiger charge is 2.13. The van der Waals surface area contributed by atoms with Crippen molar-refractivity contribution in [2.24, 2.45) is 0 Å². The van der Waals surface area contributed by atoms with Crippen molar-refractivity contribution in [3.05, 3.63) is 53.9 Å². The molecule has 0 bridgehead atoms. The Morgan fingerprint density at radius 3 is 2.65 bits per heavy atom. The van der Waals surface area contributed by atoms with E-state index >= 15 is 0 Å². The fourth-order valence-corrected chi connectivity index (χ4v) is 2.17. The van der Waals surface area contributed by atoms with E-state index in [4.69, 9.17) is 21.1 Å². The zero-order valence-corrected chi connectivity index (χ0v) is 11.5. The van der Waals surface area contributed by atoms with Gasteiger partial charge in [-0.15, -0.1) is 0 Å². The van der Waals surface area contributed by atoms with Crippen LogP contribution in [0.25, 0.3) is 10.8 Å². The minimum Gasteiger partial charge on any atom is -0.489 e. The van der Waals surface area contributed by atoms with Crippen molar-refractivity contribution in [1.29, 1.82) is 0 Å². The van der Waals surface area contributed by atoms with Gasteiger partial charge in [0, 0.05) is 5.39 Å². The van der Waals surface area contributed by atoms with Gasteiger partial charge >= 0.3 is 0 Å². The first-order valence-electron chi connectivity index (χ1n) is 5.99. The third-order valence-corrected chi connectivity index (χ3v) is 3.16. The average molecular weight is 287 g/mol. The molecule has 0 atom stereocenters. The second-order valence-corrected chi connectivity index (χ2v) is 4.44. The maximum atomic E-state index is 5.96. The highest BCUT2D eigenvalue weighted by molar-refractivity contribution is 6.31. The van der Waals surface area contributed by atoms with Gasteiger partial charge in [-0.3, -0.25) is 0 Å². The maximum Gasteiger partial charge on any atom is 0.267 e. The summed E-state index contributed by atoms with van der Waals surface area (Å²) in [6.45, 7) is 0. The molecular formula is C15H11ClN2O2. The van der Waals surface area contributed by atoms with Crippen molar-refractivity contribution in [3.63, 3.8) is 0 Å². The molecule has 3 aromatic rings. The molecule has 0 amide bonds. The van der Waals surface area contributed by atoms with Crippen LogP contribution in [0.2, 0.25) is 5.15 Å². The van der Waals surface area contributed by atoms with E-state index in [0.29, 0.717) is 17.4 Å². The van der Waals surface area contributed by atoms with Crippen LogP contribution in [-0.2, 0) is 0 Å². The number of methoxy groups -OCH3 is 1. The number of aromatic nitrogens is 2. The van der Waals surface area contributed by atoms with Gasteiger partial charge in [-0.1, -0.05) is 48.0 Å². The summed E-state index contributed by atoms with van der Waals surface area (Å²) in [5.41, 5.74) is 0. The van der Waals surface area contributed by atoms with Crippen LogP contribution in [0.1, 0.15) is 0 Å². The molecule has 0 fully saturated rings. The number of benzene rings is 2. The molecule has 1 heterocycles. The Morgan fingerprint density at radius 2 is 1.80 bits per heavy atom. The number of fused-ring (bicyclic) bond motifs is 1. The Kier molecular flexibility index (Phi) is 3.39. The Hall–Kier alpha value is -2.33. The molecule has 2 aromatic carbocycles. The van der Waals surface area contributed by atoms with E-state index in [9.17, 15) is 0 Å². The second kappa shape index (κ2) is 5.35. The summed E-state index contributed by atoms with van der Waals surface area (Å²) in [5, 5.41) is 2.30. The van der Waals surface area contributed by atoms with E-state index < -0.39 is 0 Å². The predicted octanol–water partition coefficient (Wildman–Crippen LogP) is 4.08. The Balaban J connectivity index is 2.08. The van der Waals surface area contributed by atoms with Crippen molar-refractivity contribution in [2.45, 2.75) is 0 Å². The van der Waals surface area contributed by atoms with Gasteiger partial charge in [-0.05, 0) is 11.5 Å². The Morgan fingerprint density at radius 1 is 1.00 bits per heavy atom. The van der Waals surface area contributed by atoms with Gasteiger partial charge in [0.15, 0.2) is 5.15 Å². The van der Waals surface area contributed by atoms with Crippen LogP contribution in [0.3, 0.4) is 0 Å². The first-order chi connectivity index (χ1) is 9.79. The SMILES string of the molecule is COc1c(Cl)ncnc1Oc1cccc2ccccc12. The lowest BCUT2D eigenvalue weighted by Crippen LogP contribution is -1.96. The standard InChI is InChI=1S/C15H11ClN2O2/c1-19-13-14(16)17-9-18-15(13)20-12-8-4-6-10-5-2-3-7-11(10)12/h2-9H,1H3. The lowest BCUT2D eigenvalue weighted by atomic mass is 10.1. The second-order valence-electron chi connectivity index (χ2n) is 4.08. The predicted molar refractivity (Wildman–Crippen MR) is 77.6 cm³/mol. The Labute approximate surface area is 121 Å². The first-order valence-corrected chi connectivity index (χ1v) is 6.37. The van der Waals surface area contributed by atoms with Crippen molar-refractivity contribution in [2.75, 3.05) is 7.11 Å². The van der Waals surface area contributed by atoms with Crippen LogP contribution < -0.4 is 9.47 Å². The number of ether oxygens (including phenoxy) is 2. The fourth-order valence-electron chi connectivity index (χ4n) is 1.97. The number of halogens is 1. The average Bonchev–Trinajstić information content (AvgIpc) is 2.48. The first kappa shape index (κ1) is 12.7. The summed E-state index contributed by atoms with van der Waals surface area (Å²) < 4.78 is 11.0.